The summed E-state index contributed by atoms with van der Waals surface area (Å²) >= 11 is -1.58. The van der Waals surface area contributed by atoms with E-state index >= 15 is 0 Å². The molecular formula is C18H24Cl2SiZr. The zero-order chi connectivity index (χ0) is 14.3. The number of halogens is 2. The van der Waals surface area contributed by atoms with Gasteiger partial charge in [0, 0.05) is 0 Å². The van der Waals surface area contributed by atoms with Crippen molar-refractivity contribution in [2.24, 2.45) is 0 Å². The van der Waals surface area contributed by atoms with Crippen LogP contribution in [0.4, 0.5) is 0 Å². The van der Waals surface area contributed by atoms with Gasteiger partial charge >= 0.3 is 131 Å². The molecule has 1 unspecified atom stereocenters. The molecule has 4 heteroatoms. The van der Waals surface area contributed by atoms with Crippen LogP contribution >= 0.6 is 24.8 Å². The van der Waals surface area contributed by atoms with Gasteiger partial charge in [-0.25, -0.2) is 0 Å². The summed E-state index contributed by atoms with van der Waals surface area (Å²) in [5.74, 6) is 0. The summed E-state index contributed by atoms with van der Waals surface area (Å²) in [6.07, 6.45) is 8.62. The summed E-state index contributed by atoms with van der Waals surface area (Å²) < 4.78 is 2.69. The first-order valence-corrected chi connectivity index (χ1v) is 16.2. The molecule has 1 aromatic carbocycles. The summed E-state index contributed by atoms with van der Waals surface area (Å²) in [5, 5.41) is 0. The minimum Gasteiger partial charge on any atom is -0.147 e. The second-order valence-corrected chi connectivity index (χ2v) is 23.7. The van der Waals surface area contributed by atoms with Gasteiger partial charge in [0.25, 0.3) is 0 Å². The minimum atomic E-state index is -1.58. The van der Waals surface area contributed by atoms with Crippen molar-refractivity contribution in [2.45, 2.75) is 37.0 Å². The summed E-state index contributed by atoms with van der Waals surface area (Å²) in [5.41, 5.74) is 6.09. The molecule has 0 saturated carbocycles. The molecule has 2 aliphatic carbocycles. The molecule has 0 spiro atoms. The van der Waals surface area contributed by atoms with Crippen molar-refractivity contribution >= 4 is 36.3 Å². The van der Waals surface area contributed by atoms with Crippen molar-refractivity contribution in [1.82, 2.24) is 0 Å². The Bertz CT molecular complexity index is 695. The number of hydrogen-bond donors (Lipinski definition) is 0. The molecule has 0 heterocycles. The molecule has 0 bridgehead atoms. The van der Waals surface area contributed by atoms with Gasteiger partial charge in [-0.05, 0) is 0 Å². The predicted octanol–water partition coefficient (Wildman–Crippen LogP) is 6.09. The maximum Gasteiger partial charge on any atom is -0.147 e. The van der Waals surface area contributed by atoms with Crippen LogP contribution in [0.3, 0.4) is 0 Å². The Morgan fingerprint density at radius 3 is 2.36 bits per heavy atom. The number of hydrogen-bond acceptors (Lipinski definition) is 0. The summed E-state index contributed by atoms with van der Waals surface area (Å²) in [6.45, 7) is 9.77. The van der Waals surface area contributed by atoms with Gasteiger partial charge in [-0.2, -0.15) is 0 Å². The molecule has 118 valence electrons. The standard InChI is InChI=1S/C9H7.C7H9.C2H6Si.2ClH.Zr/c1-2-5-9-7-3-6-8(9)4-1;1-6-4-3-5-7(6)2;1-3-2;;;/h1-7H;4H,3H2,1-2H3;1-2H3;2*1H;. The van der Waals surface area contributed by atoms with E-state index in [2.05, 4.69) is 69.4 Å². The number of rotatable bonds is 2. The molecule has 0 saturated heterocycles. The molecule has 22 heavy (non-hydrogen) atoms. The van der Waals surface area contributed by atoms with Gasteiger partial charge in [-0.3, -0.25) is 0 Å². The molecule has 0 fully saturated rings. The van der Waals surface area contributed by atoms with Crippen molar-refractivity contribution in [3.63, 3.8) is 0 Å². The van der Waals surface area contributed by atoms with Gasteiger partial charge in [0.05, 0.1) is 0 Å². The molecule has 3 rings (SSSR count). The van der Waals surface area contributed by atoms with Crippen molar-refractivity contribution in [1.29, 1.82) is 0 Å². The SMILES string of the molecule is CC1=CC[C]([Zr]([CH]2C=Cc3ccccc32)=[Si](C)C)=C1C.Cl.Cl. The van der Waals surface area contributed by atoms with Crippen LogP contribution in [0.15, 0.2) is 50.8 Å². The Morgan fingerprint density at radius 1 is 1.09 bits per heavy atom. The fourth-order valence-electron chi connectivity index (χ4n) is 3.41. The van der Waals surface area contributed by atoms with E-state index in [0.717, 1.165) is 3.63 Å². The number of benzene rings is 1. The Balaban J connectivity index is 0.00000121. The zero-order valence-electron chi connectivity index (χ0n) is 13.6. The average Bonchev–Trinajstić information content (AvgIpc) is 2.98. The minimum absolute atomic E-state index is 0. The third-order valence-electron chi connectivity index (χ3n) is 4.63. The average molecular weight is 431 g/mol. The van der Waals surface area contributed by atoms with Crippen LogP contribution in [0.25, 0.3) is 6.08 Å². The first-order chi connectivity index (χ1) is 9.59. The molecule has 0 radical (unpaired) electrons. The van der Waals surface area contributed by atoms with Gasteiger partial charge in [0.15, 0.2) is 0 Å². The number of allylic oxidation sites excluding steroid dienone is 5. The van der Waals surface area contributed by atoms with Crippen molar-refractivity contribution in [2.75, 3.05) is 0 Å². The normalized spacial score (nSPS) is 18.4. The maximum absolute atomic E-state index is 2.56. The topological polar surface area (TPSA) is 0 Å². The van der Waals surface area contributed by atoms with Crippen molar-refractivity contribution < 1.29 is 20.4 Å². The Morgan fingerprint density at radius 2 is 1.77 bits per heavy atom. The molecule has 0 nitrogen and oxygen atoms in total. The summed E-state index contributed by atoms with van der Waals surface area (Å²) in [4.78, 5) is 0. The van der Waals surface area contributed by atoms with Crippen LogP contribution in [0.2, 0.25) is 13.1 Å². The molecule has 1 atom stereocenters. The van der Waals surface area contributed by atoms with E-state index in [1.165, 1.54) is 17.6 Å². The van der Waals surface area contributed by atoms with Crippen LogP contribution < -0.4 is 0 Å². The largest absolute Gasteiger partial charge is 0.147 e. The second kappa shape index (κ2) is 8.29. The van der Waals surface area contributed by atoms with E-state index in [-0.39, 0.29) is 30.2 Å². The molecule has 1 aromatic rings. The summed E-state index contributed by atoms with van der Waals surface area (Å²) in [7, 11) is 0. The van der Waals surface area contributed by atoms with Crippen molar-refractivity contribution in [3.8, 4) is 0 Å². The monoisotopic (exact) mass is 428 g/mol. The molecule has 0 N–H and O–H groups in total. The van der Waals surface area contributed by atoms with E-state index in [4.69, 9.17) is 0 Å². The molecular weight excluding hydrogens is 406 g/mol. The Labute approximate surface area is 154 Å². The first kappa shape index (κ1) is 20.2. The van der Waals surface area contributed by atoms with Crippen LogP contribution in [0, 0.1) is 0 Å². The Hall–Kier alpha value is 0.120. The van der Waals surface area contributed by atoms with E-state index in [1.807, 2.05) is 3.28 Å². The van der Waals surface area contributed by atoms with E-state index in [1.54, 1.807) is 11.1 Å². The predicted molar refractivity (Wildman–Crippen MR) is 101 cm³/mol. The van der Waals surface area contributed by atoms with Crippen LogP contribution in [0.5, 0.6) is 0 Å². The van der Waals surface area contributed by atoms with E-state index < -0.39 is 20.4 Å². The van der Waals surface area contributed by atoms with Gasteiger partial charge in [-0.15, -0.1) is 24.8 Å². The molecule has 0 aromatic heterocycles. The van der Waals surface area contributed by atoms with Crippen LogP contribution in [0.1, 0.15) is 35.0 Å². The smallest absolute Gasteiger partial charge is 0.147 e. The van der Waals surface area contributed by atoms with E-state index in [0.29, 0.717) is 0 Å². The van der Waals surface area contributed by atoms with Crippen molar-refractivity contribution in [3.05, 3.63) is 62.0 Å². The first-order valence-electron chi connectivity index (χ1n) is 7.41. The van der Waals surface area contributed by atoms with Gasteiger partial charge in [0.1, 0.15) is 0 Å². The van der Waals surface area contributed by atoms with Gasteiger partial charge in [0.2, 0.25) is 0 Å². The molecule has 0 amide bonds. The quantitative estimate of drug-likeness (QED) is 0.498. The number of fused-ring (bicyclic) bond motifs is 1. The van der Waals surface area contributed by atoms with Crippen LogP contribution in [-0.4, -0.2) is 5.43 Å². The molecule has 2 aliphatic rings. The third kappa shape index (κ3) is 3.61. The molecule has 0 aliphatic heterocycles. The van der Waals surface area contributed by atoms with Crippen LogP contribution in [-0.2, 0) is 20.4 Å². The van der Waals surface area contributed by atoms with Gasteiger partial charge in [-0.1, -0.05) is 0 Å². The second-order valence-electron chi connectivity index (χ2n) is 6.07. The van der Waals surface area contributed by atoms with E-state index in [9.17, 15) is 0 Å². The maximum atomic E-state index is 2.56. The Kier molecular flexibility index (Phi) is 7.60. The van der Waals surface area contributed by atoms with Gasteiger partial charge < -0.3 is 0 Å². The third-order valence-corrected chi connectivity index (χ3v) is 23.1. The fraction of sp³-hybridized carbons (Fsp3) is 0.333. The zero-order valence-corrected chi connectivity index (χ0v) is 18.7. The summed E-state index contributed by atoms with van der Waals surface area (Å²) in [6, 6.07) is 9.04. The fourth-order valence-corrected chi connectivity index (χ4v) is 22.2.